The number of hydrogen-bond donors (Lipinski definition) is 5. The molecule has 168 valence electrons. The molecule has 2 fully saturated rings. The lowest BCUT2D eigenvalue weighted by Gasteiger charge is -2.23. The Morgan fingerprint density at radius 1 is 1.06 bits per heavy atom. The molecule has 3 atom stereocenters. The van der Waals surface area contributed by atoms with E-state index in [0.717, 1.165) is 44.2 Å². The number of fused-ring (bicyclic) bond motifs is 1. The highest BCUT2D eigenvalue weighted by atomic mass is 16.2. The van der Waals surface area contributed by atoms with Crippen molar-refractivity contribution in [1.29, 1.82) is 0 Å². The average Bonchev–Trinajstić information content (AvgIpc) is 3.30. The Morgan fingerprint density at radius 3 is 2.48 bits per heavy atom. The van der Waals surface area contributed by atoms with E-state index in [1.54, 1.807) is 0 Å². The third-order valence-electron chi connectivity index (χ3n) is 6.59. The number of rotatable bonds is 9. The number of aromatic nitrogens is 1. The van der Waals surface area contributed by atoms with Gasteiger partial charge in [-0.3, -0.25) is 19.2 Å². The predicted molar refractivity (Wildman–Crippen MR) is 113 cm³/mol. The molecule has 1 saturated carbocycles. The molecule has 1 aromatic heterocycles. The molecule has 31 heavy (non-hydrogen) atoms. The Balaban J connectivity index is 1.41. The first-order valence-electron chi connectivity index (χ1n) is 11.3. The minimum Gasteiger partial charge on any atom is -0.368 e. The molecule has 1 aliphatic heterocycles. The maximum absolute atomic E-state index is 13.0. The maximum Gasteiger partial charge on any atom is 0.268 e. The van der Waals surface area contributed by atoms with E-state index in [1.807, 2.05) is 6.07 Å². The number of nitrogens with one attached hydrogen (secondary N) is 4. The molecule has 9 nitrogen and oxygen atoms in total. The zero-order valence-corrected chi connectivity index (χ0v) is 17.7. The van der Waals surface area contributed by atoms with Crippen LogP contribution >= 0.6 is 0 Å². The second-order valence-electron chi connectivity index (χ2n) is 9.07. The smallest absolute Gasteiger partial charge is 0.268 e. The molecule has 0 spiro atoms. The largest absolute Gasteiger partial charge is 0.368 e. The first-order valence-corrected chi connectivity index (χ1v) is 11.3. The van der Waals surface area contributed by atoms with Gasteiger partial charge in [0, 0.05) is 18.2 Å². The van der Waals surface area contributed by atoms with Gasteiger partial charge >= 0.3 is 0 Å². The van der Waals surface area contributed by atoms with Crippen LogP contribution in [0.2, 0.25) is 0 Å². The van der Waals surface area contributed by atoms with Gasteiger partial charge in [-0.05, 0) is 62.5 Å². The number of nitrogens with two attached hydrogens (primary N) is 1. The van der Waals surface area contributed by atoms with Crippen molar-refractivity contribution in [2.75, 3.05) is 6.54 Å². The van der Waals surface area contributed by atoms with Crippen molar-refractivity contribution in [3.8, 4) is 0 Å². The van der Waals surface area contributed by atoms with Crippen LogP contribution in [0.5, 0.6) is 0 Å². The highest BCUT2D eigenvalue weighted by Crippen LogP contribution is 2.33. The van der Waals surface area contributed by atoms with E-state index in [4.69, 9.17) is 5.73 Å². The van der Waals surface area contributed by atoms with E-state index in [2.05, 4.69) is 20.9 Å². The van der Waals surface area contributed by atoms with E-state index in [1.165, 1.54) is 5.56 Å². The Hall–Kier alpha value is -2.84. The van der Waals surface area contributed by atoms with Gasteiger partial charge in [0.25, 0.3) is 5.91 Å². The van der Waals surface area contributed by atoms with Gasteiger partial charge in [0.1, 0.15) is 17.8 Å². The number of aryl methyl sites for hydroxylation is 2. The van der Waals surface area contributed by atoms with Crippen molar-refractivity contribution in [1.82, 2.24) is 20.9 Å². The third kappa shape index (κ3) is 5.26. The summed E-state index contributed by atoms with van der Waals surface area (Å²) in [5.74, 6) is -1.51. The van der Waals surface area contributed by atoms with Gasteiger partial charge in [0.2, 0.25) is 17.7 Å². The summed E-state index contributed by atoms with van der Waals surface area (Å²) in [6.45, 7) is 0.559. The van der Waals surface area contributed by atoms with Crippen LogP contribution < -0.4 is 21.7 Å². The van der Waals surface area contributed by atoms with Crippen LogP contribution in [0, 0.1) is 11.8 Å². The fraction of sp³-hybridized carbons (Fsp3) is 0.636. The van der Waals surface area contributed by atoms with Crippen LogP contribution in [0.4, 0.5) is 0 Å². The van der Waals surface area contributed by atoms with Crippen molar-refractivity contribution in [2.24, 2.45) is 17.6 Å². The summed E-state index contributed by atoms with van der Waals surface area (Å²) in [4.78, 5) is 52.8. The lowest BCUT2D eigenvalue weighted by Crippen LogP contribution is -2.53. The second kappa shape index (κ2) is 9.11. The minimum absolute atomic E-state index is 0.126. The van der Waals surface area contributed by atoms with Crippen LogP contribution in [0.15, 0.2) is 6.07 Å². The molecule has 4 rings (SSSR count). The van der Waals surface area contributed by atoms with Gasteiger partial charge < -0.3 is 26.7 Å². The summed E-state index contributed by atoms with van der Waals surface area (Å²) in [6, 6.07) is 0.179. The Bertz CT molecular complexity index is 852. The van der Waals surface area contributed by atoms with Crippen molar-refractivity contribution < 1.29 is 19.2 Å². The van der Waals surface area contributed by atoms with Gasteiger partial charge in [0.15, 0.2) is 0 Å². The minimum atomic E-state index is -0.947. The summed E-state index contributed by atoms with van der Waals surface area (Å²) in [6.07, 6.45) is 7.46. The molecule has 6 N–H and O–H groups in total. The Kier molecular flexibility index (Phi) is 6.29. The summed E-state index contributed by atoms with van der Waals surface area (Å²) in [7, 11) is 0. The van der Waals surface area contributed by atoms with Crippen molar-refractivity contribution >= 4 is 23.6 Å². The number of primary amides is 1. The quantitative estimate of drug-likeness (QED) is 0.384. The monoisotopic (exact) mass is 429 g/mol. The van der Waals surface area contributed by atoms with Crippen LogP contribution in [0.25, 0.3) is 0 Å². The lowest BCUT2D eigenvalue weighted by molar-refractivity contribution is -0.130. The molecule has 9 heteroatoms. The van der Waals surface area contributed by atoms with Crippen LogP contribution in [0.1, 0.15) is 66.7 Å². The number of amides is 4. The SMILES string of the molecule is NC(=O)[C@H](C[C@@H]1CCNC1=O)NC(=O)[C@H](CC1CC1)NC(=O)c1cc2c([nH]1)CCCC2. The number of aromatic amines is 1. The standard InChI is InChI=1S/C22H31N5O4/c23-19(28)16(11-14-7-8-24-20(14)29)26-21(30)17(9-12-5-6-12)27-22(31)18-10-13-3-1-2-4-15(13)25-18/h10,12,14,16-17,25H,1-9,11H2,(H2,23,28)(H,24,29)(H,26,30)(H,27,31)/t14-,16-,17-/m0/s1. The van der Waals surface area contributed by atoms with Crippen LogP contribution in [-0.2, 0) is 27.2 Å². The van der Waals surface area contributed by atoms with Gasteiger partial charge in [-0.2, -0.15) is 0 Å². The molecule has 3 aliphatic rings. The van der Waals surface area contributed by atoms with E-state index >= 15 is 0 Å². The number of hydrogen-bond acceptors (Lipinski definition) is 4. The van der Waals surface area contributed by atoms with Crippen LogP contribution in [0.3, 0.4) is 0 Å². The fourth-order valence-corrected chi connectivity index (χ4v) is 4.55. The molecular weight excluding hydrogens is 398 g/mol. The molecular formula is C22H31N5O4. The molecule has 1 saturated heterocycles. The number of carbonyl (C=O) groups excluding carboxylic acids is 4. The van der Waals surface area contributed by atoms with Crippen molar-refractivity contribution in [2.45, 2.75) is 69.9 Å². The predicted octanol–water partition coefficient (Wildman–Crippen LogP) is 0.288. The lowest BCUT2D eigenvalue weighted by atomic mass is 9.97. The molecule has 0 radical (unpaired) electrons. The van der Waals surface area contributed by atoms with Gasteiger partial charge in [0.05, 0.1) is 0 Å². The van der Waals surface area contributed by atoms with Crippen molar-refractivity contribution in [3.63, 3.8) is 0 Å². The molecule has 0 unspecified atom stereocenters. The molecule has 0 bridgehead atoms. The first-order chi connectivity index (χ1) is 14.9. The maximum atomic E-state index is 13.0. The topological polar surface area (TPSA) is 146 Å². The van der Waals surface area contributed by atoms with E-state index in [9.17, 15) is 19.2 Å². The molecule has 1 aromatic rings. The first kappa shape index (κ1) is 21.4. The normalized spacial score (nSPS) is 22.2. The zero-order valence-electron chi connectivity index (χ0n) is 17.7. The average molecular weight is 430 g/mol. The summed E-state index contributed by atoms with van der Waals surface area (Å²) in [5.41, 5.74) is 8.23. The van der Waals surface area contributed by atoms with Gasteiger partial charge in [-0.15, -0.1) is 0 Å². The highest BCUT2D eigenvalue weighted by Gasteiger charge is 2.35. The number of H-pyrrole nitrogens is 1. The number of carbonyl (C=O) groups is 4. The van der Waals surface area contributed by atoms with Gasteiger partial charge in [-0.1, -0.05) is 12.8 Å². The Labute approximate surface area is 181 Å². The second-order valence-corrected chi connectivity index (χ2v) is 9.07. The molecule has 0 aromatic carbocycles. The van der Waals surface area contributed by atoms with Crippen molar-refractivity contribution in [3.05, 3.63) is 23.0 Å². The van der Waals surface area contributed by atoms with Gasteiger partial charge in [-0.25, -0.2) is 0 Å². The zero-order chi connectivity index (χ0) is 22.0. The summed E-state index contributed by atoms with van der Waals surface area (Å²) >= 11 is 0. The third-order valence-corrected chi connectivity index (χ3v) is 6.59. The highest BCUT2D eigenvalue weighted by molar-refractivity contribution is 5.97. The van der Waals surface area contributed by atoms with E-state index in [-0.39, 0.29) is 24.2 Å². The Morgan fingerprint density at radius 2 is 1.84 bits per heavy atom. The molecule has 2 heterocycles. The summed E-state index contributed by atoms with van der Waals surface area (Å²) in [5, 5.41) is 8.26. The summed E-state index contributed by atoms with van der Waals surface area (Å²) < 4.78 is 0. The molecule has 4 amide bonds. The molecule has 2 aliphatic carbocycles. The van der Waals surface area contributed by atoms with E-state index < -0.39 is 23.9 Å². The fourth-order valence-electron chi connectivity index (χ4n) is 4.55. The van der Waals surface area contributed by atoms with E-state index in [0.29, 0.717) is 31.0 Å². The van der Waals surface area contributed by atoms with Crippen LogP contribution in [-0.4, -0.2) is 47.2 Å².